The van der Waals surface area contributed by atoms with E-state index in [-0.39, 0.29) is 24.2 Å². The lowest BCUT2D eigenvalue weighted by Gasteiger charge is -2.52. The van der Waals surface area contributed by atoms with Gasteiger partial charge in [-0.2, -0.15) is 0 Å². The van der Waals surface area contributed by atoms with E-state index in [1.807, 2.05) is 31.2 Å². The van der Waals surface area contributed by atoms with Crippen molar-refractivity contribution in [3.05, 3.63) is 47.5 Å². The first-order valence-electron chi connectivity index (χ1n) is 13.4. The van der Waals surface area contributed by atoms with Gasteiger partial charge in [0.15, 0.2) is 34.7 Å². The lowest BCUT2D eigenvalue weighted by molar-refractivity contribution is -0.181. The summed E-state index contributed by atoms with van der Waals surface area (Å²) in [5.41, 5.74) is 4.56. The van der Waals surface area contributed by atoms with Crippen LogP contribution in [0.4, 0.5) is 0 Å². The van der Waals surface area contributed by atoms with Crippen LogP contribution >= 0.6 is 0 Å². The van der Waals surface area contributed by atoms with E-state index in [0.717, 1.165) is 12.0 Å². The highest BCUT2D eigenvalue weighted by atomic mass is 16.5. The summed E-state index contributed by atoms with van der Waals surface area (Å²) in [6.07, 6.45) is 1.02. The van der Waals surface area contributed by atoms with Gasteiger partial charge in [-0.05, 0) is 74.2 Å². The first kappa shape index (κ1) is 27.7. The minimum atomic E-state index is -2.74. The van der Waals surface area contributed by atoms with Gasteiger partial charge in [0.2, 0.25) is 5.91 Å². The minimum absolute atomic E-state index is 0.00135. The third-order valence-corrected chi connectivity index (χ3v) is 8.56. The van der Waals surface area contributed by atoms with Crippen molar-refractivity contribution in [1.29, 1.82) is 0 Å². The number of carbonyl (C=O) groups excluding carboxylic acids is 5. The van der Waals surface area contributed by atoms with Gasteiger partial charge >= 0.3 is 0 Å². The molecule has 5 rings (SSSR count). The smallest absolute Gasteiger partial charge is 0.235 e. The van der Waals surface area contributed by atoms with Gasteiger partial charge in [-0.25, -0.2) is 0 Å². The molecule has 210 valence electrons. The summed E-state index contributed by atoms with van der Waals surface area (Å²) in [6, 6.07) is 9.30. The van der Waals surface area contributed by atoms with Gasteiger partial charge in [0.25, 0.3) is 0 Å². The maximum absolute atomic E-state index is 13.9. The van der Waals surface area contributed by atoms with E-state index >= 15 is 0 Å². The van der Waals surface area contributed by atoms with Crippen LogP contribution in [-0.4, -0.2) is 76.5 Å². The number of phenolic OH excluding ortho intramolecular Hbond substituents is 1. The van der Waals surface area contributed by atoms with Crippen molar-refractivity contribution < 1.29 is 38.9 Å². The number of aromatic hydroxyl groups is 1. The van der Waals surface area contributed by atoms with Crippen LogP contribution < -0.4 is 10.5 Å². The molecule has 2 saturated carbocycles. The Morgan fingerprint density at radius 3 is 2.50 bits per heavy atom. The fourth-order valence-corrected chi connectivity index (χ4v) is 6.85. The van der Waals surface area contributed by atoms with E-state index in [0.29, 0.717) is 23.5 Å². The molecule has 10 nitrogen and oxygen atoms in total. The number of benzene rings is 2. The summed E-state index contributed by atoms with van der Waals surface area (Å²) in [4.78, 5) is 68.0. The molecule has 0 aliphatic heterocycles. The Hall–Kier alpha value is -3.89. The molecule has 6 atom stereocenters. The number of hydrogen-bond acceptors (Lipinski definition) is 9. The number of aliphatic hydroxyl groups is 1. The van der Waals surface area contributed by atoms with Gasteiger partial charge in [0.05, 0.1) is 24.1 Å². The number of nitrogens with zero attached hydrogens (tertiary/aromatic N) is 1. The molecule has 1 amide bonds. The largest absolute Gasteiger partial charge is 0.507 e. The molecular formula is C30H32N2O8. The molecule has 3 aliphatic carbocycles. The summed E-state index contributed by atoms with van der Waals surface area (Å²) in [7, 11) is 3.11. The maximum Gasteiger partial charge on any atom is 0.235 e. The van der Waals surface area contributed by atoms with Gasteiger partial charge in [-0.3, -0.25) is 28.9 Å². The summed E-state index contributed by atoms with van der Waals surface area (Å²) in [5, 5.41) is 22.4. The van der Waals surface area contributed by atoms with E-state index in [9.17, 15) is 34.2 Å². The van der Waals surface area contributed by atoms with Crippen molar-refractivity contribution in [2.75, 3.05) is 20.7 Å². The van der Waals surface area contributed by atoms with Crippen molar-refractivity contribution in [3.63, 3.8) is 0 Å². The number of ketones is 4. The molecule has 0 radical (unpaired) electrons. The summed E-state index contributed by atoms with van der Waals surface area (Å²) >= 11 is 0. The number of fused-ring (bicyclic) bond motifs is 3. The molecule has 0 bridgehead atoms. The topological polar surface area (TPSA) is 164 Å². The predicted molar refractivity (Wildman–Crippen MR) is 143 cm³/mol. The number of carbonyl (C=O) groups is 5. The number of likely N-dealkylation sites (N-methyl/N-ethyl adjacent to an activating group) is 1. The maximum atomic E-state index is 13.9. The van der Waals surface area contributed by atoms with Crippen LogP contribution in [0.15, 0.2) is 36.4 Å². The van der Waals surface area contributed by atoms with Crippen LogP contribution in [0.5, 0.6) is 11.5 Å². The number of amides is 1. The molecule has 0 spiro atoms. The molecule has 0 heterocycles. The van der Waals surface area contributed by atoms with E-state index in [1.165, 1.54) is 11.0 Å². The van der Waals surface area contributed by atoms with Crippen molar-refractivity contribution in [2.45, 2.75) is 37.8 Å². The Kier molecular flexibility index (Phi) is 6.87. The Morgan fingerprint density at radius 2 is 1.85 bits per heavy atom. The van der Waals surface area contributed by atoms with Crippen LogP contribution in [0, 0.1) is 23.7 Å². The van der Waals surface area contributed by atoms with E-state index in [1.54, 1.807) is 20.2 Å². The Morgan fingerprint density at radius 1 is 1.12 bits per heavy atom. The number of rotatable bonds is 6. The fraction of sp³-hybridized carbons (Fsp3) is 0.433. The zero-order valence-electron chi connectivity index (χ0n) is 22.5. The quantitative estimate of drug-likeness (QED) is 0.452. The highest BCUT2D eigenvalue weighted by molar-refractivity contribution is 6.32. The Balaban J connectivity index is 1.62. The lowest BCUT2D eigenvalue weighted by Crippen LogP contribution is -2.74. The van der Waals surface area contributed by atoms with E-state index in [2.05, 4.69) is 0 Å². The average Bonchev–Trinajstić information content (AvgIpc) is 2.89. The number of phenols is 1. The number of primary amides is 1. The van der Waals surface area contributed by atoms with Crippen molar-refractivity contribution in [1.82, 2.24) is 4.90 Å². The predicted octanol–water partition coefficient (Wildman–Crippen LogP) is 1.32. The Labute approximate surface area is 231 Å². The van der Waals surface area contributed by atoms with E-state index in [4.69, 9.17) is 10.5 Å². The number of nitrogens with two attached hydrogens (primary N) is 1. The van der Waals surface area contributed by atoms with Crippen LogP contribution in [0.1, 0.15) is 35.7 Å². The zero-order valence-corrected chi connectivity index (χ0v) is 22.5. The van der Waals surface area contributed by atoms with Gasteiger partial charge in [0.1, 0.15) is 11.5 Å². The van der Waals surface area contributed by atoms with Crippen LogP contribution in [-0.2, 0) is 25.6 Å². The van der Waals surface area contributed by atoms with Crippen molar-refractivity contribution in [2.24, 2.45) is 29.4 Å². The van der Waals surface area contributed by atoms with Gasteiger partial charge in [0, 0.05) is 5.92 Å². The SMILES string of the molecule is CCCOc1cccc(-c2ccc(O)c3c2C[C@H]2C[C@H]4[C@H](N(C)C)C(=O)C(C(N)=O)C(=O)[C@@]4(O)C(=O)C2C3=O)c1. The molecule has 10 heteroatoms. The normalized spacial score (nSPS) is 29.6. The molecule has 0 aromatic heterocycles. The first-order chi connectivity index (χ1) is 18.9. The highest BCUT2D eigenvalue weighted by Crippen LogP contribution is 2.51. The molecule has 2 unspecified atom stereocenters. The molecular weight excluding hydrogens is 516 g/mol. The number of ether oxygens (including phenoxy) is 1. The van der Waals surface area contributed by atoms with Crippen molar-refractivity contribution in [3.8, 4) is 22.6 Å². The molecule has 2 aromatic carbocycles. The number of hydrogen-bond donors (Lipinski definition) is 3. The number of Topliss-reactive ketones (excluding diaryl/α,β-unsaturated/α-hetero) is 4. The van der Waals surface area contributed by atoms with Gasteiger partial charge in [-0.15, -0.1) is 0 Å². The van der Waals surface area contributed by atoms with Crippen LogP contribution in [0.25, 0.3) is 11.1 Å². The van der Waals surface area contributed by atoms with Crippen molar-refractivity contribution >= 4 is 29.0 Å². The molecule has 4 N–H and O–H groups in total. The summed E-state index contributed by atoms with van der Waals surface area (Å²) < 4.78 is 5.77. The standard InChI is InChI=1S/C30H32N2O8/c1-4-10-40-16-7-5-6-14(11-16)17-8-9-20(33)22-18(17)12-15-13-19-24(32(2)3)26(35)23(29(31)38)28(37)30(19,39)27(36)21(15)25(22)34/h5-9,11,15,19,21,23-24,33,39H,4,10,12-13H2,1-3H3,(H2,31,38)/t15-,19-,21?,23?,24-,30-/m0/s1. The van der Waals surface area contributed by atoms with Gasteiger partial charge < -0.3 is 20.7 Å². The first-order valence-corrected chi connectivity index (χ1v) is 13.4. The minimum Gasteiger partial charge on any atom is -0.507 e. The summed E-state index contributed by atoms with van der Waals surface area (Å²) in [6.45, 7) is 2.53. The molecule has 3 aliphatic rings. The van der Waals surface area contributed by atoms with Crippen LogP contribution in [0.2, 0.25) is 0 Å². The average molecular weight is 549 g/mol. The molecule has 2 aromatic rings. The monoisotopic (exact) mass is 548 g/mol. The van der Waals surface area contributed by atoms with Crippen LogP contribution in [0.3, 0.4) is 0 Å². The third-order valence-electron chi connectivity index (χ3n) is 8.56. The molecule has 2 fully saturated rings. The third kappa shape index (κ3) is 3.97. The second kappa shape index (κ2) is 9.94. The van der Waals surface area contributed by atoms with E-state index < -0.39 is 64.4 Å². The van der Waals surface area contributed by atoms with Gasteiger partial charge in [-0.1, -0.05) is 25.1 Å². The lowest BCUT2D eigenvalue weighted by atomic mass is 9.52. The highest BCUT2D eigenvalue weighted by Gasteiger charge is 2.69. The second-order valence-corrected chi connectivity index (χ2v) is 11.2. The zero-order chi connectivity index (χ0) is 29.1. The molecule has 0 saturated heterocycles. The fourth-order valence-electron chi connectivity index (χ4n) is 6.85. The summed E-state index contributed by atoms with van der Waals surface area (Å²) in [5.74, 6) is -9.97. The second-order valence-electron chi connectivity index (χ2n) is 11.2. The Bertz CT molecular complexity index is 1450. The molecule has 40 heavy (non-hydrogen) atoms.